The lowest BCUT2D eigenvalue weighted by Crippen LogP contribution is -3.11. The van der Waals surface area contributed by atoms with Crippen LogP contribution in [0.1, 0.15) is 11.1 Å². The highest BCUT2D eigenvalue weighted by molar-refractivity contribution is 6.31. The first kappa shape index (κ1) is 17.9. The van der Waals surface area contributed by atoms with Gasteiger partial charge in [-0.2, -0.15) is 0 Å². The van der Waals surface area contributed by atoms with E-state index in [9.17, 15) is 9.59 Å². The molecule has 0 amide bonds. The summed E-state index contributed by atoms with van der Waals surface area (Å²) in [5.41, 5.74) is 1.34. The summed E-state index contributed by atoms with van der Waals surface area (Å²) in [6, 6.07) is 14.6. The Kier molecular flexibility index (Phi) is 4.78. The topological polar surface area (TPSA) is 71.3 Å². The second kappa shape index (κ2) is 7.23. The SMILES string of the molecule is O=c1[nH]c(=O)n(-c2ccc(Cl)cc2)c2c1C[NH+](Cc1ccccc1Cl)CN2. The molecule has 1 aromatic heterocycles. The molecule has 1 unspecified atom stereocenters. The number of aromatic amines is 1. The third kappa shape index (κ3) is 3.51. The van der Waals surface area contributed by atoms with Gasteiger partial charge in [0.15, 0.2) is 6.67 Å². The van der Waals surface area contributed by atoms with Gasteiger partial charge >= 0.3 is 5.69 Å². The van der Waals surface area contributed by atoms with Gasteiger partial charge in [0, 0.05) is 15.6 Å². The first-order valence-electron chi connectivity index (χ1n) is 8.48. The normalized spacial score (nSPS) is 15.9. The average Bonchev–Trinajstić information content (AvgIpc) is 2.65. The van der Waals surface area contributed by atoms with Gasteiger partial charge in [-0.3, -0.25) is 9.78 Å². The molecule has 0 saturated heterocycles. The second-order valence-corrected chi connectivity index (χ2v) is 7.29. The Morgan fingerprint density at radius 2 is 1.78 bits per heavy atom. The largest absolute Gasteiger partial charge is 0.334 e. The van der Waals surface area contributed by atoms with Crippen molar-refractivity contribution in [3.8, 4) is 5.69 Å². The van der Waals surface area contributed by atoms with Gasteiger partial charge in [-0.15, -0.1) is 0 Å². The van der Waals surface area contributed by atoms with Crippen molar-refractivity contribution >= 4 is 29.0 Å². The molecule has 0 spiro atoms. The van der Waals surface area contributed by atoms with Gasteiger partial charge in [-0.05, 0) is 30.3 Å². The summed E-state index contributed by atoms with van der Waals surface area (Å²) in [5.74, 6) is 0.522. The van der Waals surface area contributed by atoms with E-state index in [1.54, 1.807) is 24.3 Å². The van der Waals surface area contributed by atoms with Crippen LogP contribution < -0.4 is 21.5 Å². The zero-order valence-corrected chi connectivity index (χ0v) is 15.8. The smallest absolute Gasteiger partial charge is 0.324 e. The summed E-state index contributed by atoms with van der Waals surface area (Å²) in [5, 5.41) is 4.53. The molecule has 2 aromatic carbocycles. The molecule has 2 heterocycles. The number of aromatic nitrogens is 2. The lowest BCUT2D eigenvalue weighted by atomic mass is 10.1. The van der Waals surface area contributed by atoms with Crippen LogP contribution in [0.3, 0.4) is 0 Å². The first-order chi connectivity index (χ1) is 13.0. The Morgan fingerprint density at radius 1 is 1.04 bits per heavy atom. The van der Waals surface area contributed by atoms with Gasteiger partial charge < -0.3 is 10.2 Å². The van der Waals surface area contributed by atoms with E-state index >= 15 is 0 Å². The van der Waals surface area contributed by atoms with Crippen LogP contribution in [-0.4, -0.2) is 16.2 Å². The van der Waals surface area contributed by atoms with Gasteiger partial charge in [0.1, 0.15) is 24.5 Å². The highest BCUT2D eigenvalue weighted by Gasteiger charge is 2.26. The Labute approximate surface area is 165 Å². The van der Waals surface area contributed by atoms with Crippen molar-refractivity contribution < 1.29 is 4.90 Å². The fourth-order valence-electron chi connectivity index (χ4n) is 3.32. The Hall–Kier alpha value is -2.54. The third-order valence-corrected chi connectivity index (χ3v) is 5.24. The third-order valence-electron chi connectivity index (χ3n) is 4.62. The predicted octanol–water partition coefficient (Wildman–Crippen LogP) is 1.80. The maximum absolute atomic E-state index is 12.4. The number of fused-ring (bicyclic) bond motifs is 1. The fourth-order valence-corrected chi connectivity index (χ4v) is 3.64. The molecule has 1 atom stereocenters. The average molecular weight is 404 g/mol. The van der Waals surface area contributed by atoms with Crippen LogP contribution in [0.5, 0.6) is 0 Å². The van der Waals surface area contributed by atoms with Crippen molar-refractivity contribution in [2.45, 2.75) is 13.1 Å². The number of anilines is 1. The van der Waals surface area contributed by atoms with Gasteiger partial charge in [-0.25, -0.2) is 9.36 Å². The van der Waals surface area contributed by atoms with Crippen LogP contribution in [0.2, 0.25) is 10.0 Å². The summed E-state index contributed by atoms with van der Waals surface area (Å²) in [6.07, 6.45) is 0. The van der Waals surface area contributed by atoms with Crippen molar-refractivity contribution in [3.63, 3.8) is 0 Å². The van der Waals surface area contributed by atoms with E-state index in [4.69, 9.17) is 23.2 Å². The molecule has 0 radical (unpaired) electrons. The number of rotatable bonds is 3. The maximum Gasteiger partial charge on any atom is 0.334 e. The summed E-state index contributed by atoms with van der Waals surface area (Å²) in [7, 11) is 0. The van der Waals surface area contributed by atoms with E-state index < -0.39 is 5.69 Å². The molecule has 0 aliphatic carbocycles. The number of H-pyrrole nitrogens is 1. The minimum Gasteiger partial charge on any atom is -0.324 e. The molecule has 3 aromatic rings. The highest BCUT2D eigenvalue weighted by atomic mass is 35.5. The number of benzene rings is 2. The van der Waals surface area contributed by atoms with Gasteiger partial charge in [0.25, 0.3) is 5.56 Å². The zero-order chi connectivity index (χ0) is 19.0. The minimum absolute atomic E-state index is 0.371. The highest BCUT2D eigenvalue weighted by Crippen LogP contribution is 2.19. The number of quaternary nitrogens is 1. The molecule has 6 nitrogen and oxygen atoms in total. The van der Waals surface area contributed by atoms with E-state index in [0.29, 0.717) is 46.9 Å². The second-order valence-electron chi connectivity index (χ2n) is 6.45. The van der Waals surface area contributed by atoms with E-state index in [0.717, 1.165) is 10.5 Å². The Bertz CT molecular complexity index is 1110. The zero-order valence-electron chi connectivity index (χ0n) is 14.3. The summed E-state index contributed by atoms with van der Waals surface area (Å²) < 4.78 is 1.47. The standard InChI is InChI=1S/C19H16Cl2N4O2/c20-13-5-7-14(8-6-13)25-17-15(18(26)23-19(25)27)10-24(11-22-17)9-12-3-1-2-4-16(12)21/h1-8,22H,9-11H2,(H,23,26,27)/p+1. The van der Waals surface area contributed by atoms with E-state index in [-0.39, 0.29) is 5.56 Å². The molecular weight excluding hydrogens is 387 g/mol. The Morgan fingerprint density at radius 3 is 2.52 bits per heavy atom. The first-order valence-corrected chi connectivity index (χ1v) is 9.23. The van der Waals surface area contributed by atoms with Gasteiger partial charge in [0.05, 0.1) is 5.69 Å². The molecule has 8 heteroatoms. The van der Waals surface area contributed by atoms with Crippen molar-refractivity contribution in [3.05, 3.63) is 90.5 Å². The van der Waals surface area contributed by atoms with E-state index in [1.807, 2.05) is 24.3 Å². The lowest BCUT2D eigenvalue weighted by molar-refractivity contribution is -0.926. The van der Waals surface area contributed by atoms with Crippen LogP contribution in [-0.2, 0) is 13.1 Å². The number of nitrogens with zero attached hydrogens (tertiary/aromatic N) is 1. The quantitative estimate of drug-likeness (QED) is 0.624. The van der Waals surface area contributed by atoms with Crippen LogP contribution >= 0.6 is 23.2 Å². The van der Waals surface area contributed by atoms with Gasteiger partial charge in [0.2, 0.25) is 0 Å². The van der Waals surface area contributed by atoms with Crippen LogP contribution in [0.25, 0.3) is 5.69 Å². The Balaban J connectivity index is 1.71. The molecular formula is C19H17Cl2N4O2+. The minimum atomic E-state index is -0.483. The summed E-state index contributed by atoms with van der Waals surface area (Å²) in [4.78, 5) is 28.4. The lowest BCUT2D eigenvalue weighted by Gasteiger charge is -2.28. The molecule has 138 valence electrons. The van der Waals surface area contributed by atoms with Gasteiger partial charge in [-0.1, -0.05) is 41.4 Å². The van der Waals surface area contributed by atoms with Crippen LogP contribution in [0, 0.1) is 0 Å². The van der Waals surface area contributed by atoms with Crippen LogP contribution in [0.15, 0.2) is 58.1 Å². The maximum atomic E-state index is 12.4. The number of hydrogen-bond acceptors (Lipinski definition) is 3. The number of halogens is 2. The van der Waals surface area contributed by atoms with E-state index in [1.165, 1.54) is 4.57 Å². The molecule has 27 heavy (non-hydrogen) atoms. The molecule has 0 fully saturated rings. The van der Waals surface area contributed by atoms with Crippen molar-refractivity contribution in [2.24, 2.45) is 0 Å². The molecule has 0 saturated carbocycles. The van der Waals surface area contributed by atoms with Crippen molar-refractivity contribution in [2.75, 3.05) is 12.0 Å². The van der Waals surface area contributed by atoms with Crippen molar-refractivity contribution in [1.82, 2.24) is 9.55 Å². The monoisotopic (exact) mass is 403 g/mol. The predicted molar refractivity (Wildman–Crippen MR) is 106 cm³/mol. The molecule has 4 rings (SSSR count). The molecule has 0 bridgehead atoms. The molecule has 1 aliphatic heterocycles. The molecule has 1 aliphatic rings. The van der Waals surface area contributed by atoms with E-state index in [2.05, 4.69) is 10.3 Å². The number of hydrogen-bond donors (Lipinski definition) is 3. The summed E-state index contributed by atoms with van der Waals surface area (Å²) in [6.45, 7) is 1.72. The van der Waals surface area contributed by atoms with Crippen LogP contribution in [0.4, 0.5) is 5.82 Å². The summed E-state index contributed by atoms with van der Waals surface area (Å²) >= 11 is 12.2. The fraction of sp³-hybridized carbons (Fsp3) is 0.158. The molecule has 3 N–H and O–H groups in total. The van der Waals surface area contributed by atoms with Crippen molar-refractivity contribution in [1.29, 1.82) is 0 Å². The number of nitrogens with one attached hydrogen (secondary N) is 3.